The SMILES string of the molecule is CC[C@H](C)[C@H](NC(=O)[C@H](CC1CCCCC1)NC(=O)c1ccno1)C(=O)N1CC(=O)N2C(C1)SCC2C(=O)N1CCC(CN)CC1. The maximum Gasteiger partial charge on any atom is 0.290 e. The maximum atomic E-state index is 14.0. The maximum absolute atomic E-state index is 14.0. The molecular weight excluding hydrogens is 610 g/mol. The van der Waals surface area contributed by atoms with E-state index in [0.29, 0.717) is 44.1 Å². The van der Waals surface area contributed by atoms with Crippen molar-refractivity contribution in [3.05, 3.63) is 18.0 Å². The van der Waals surface area contributed by atoms with E-state index in [1.165, 1.54) is 28.9 Å². The second kappa shape index (κ2) is 15.6. The minimum Gasteiger partial charge on any atom is -0.351 e. The van der Waals surface area contributed by atoms with Crippen molar-refractivity contribution < 1.29 is 28.5 Å². The molecule has 14 heteroatoms. The number of fused-ring (bicyclic) bond motifs is 1. The predicted molar refractivity (Wildman–Crippen MR) is 172 cm³/mol. The van der Waals surface area contributed by atoms with Crippen LogP contribution >= 0.6 is 11.8 Å². The third-order valence-electron chi connectivity index (χ3n) is 10.3. The zero-order valence-electron chi connectivity index (χ0n) is 27.0. The number of aromatic nitrogens is 1. The monoisotopic (exact) mass is 659 g/mol. The number of rotatable bonds is 11. The van der Waals surface area contributed by atoms with Crippen molar-refractivity contribution in [3.63, 3.8) is 0 Å². The fourth-order valence-corrected chi connectivity index (χ4v) is 8.60. The standard InChI is InChI=1S/C32H49N7O6S/c1-3-20(2)28(36-29(41)23(15-21-7-5-4-6-8-21)35-30(42)25-9-12-34-45-25)32(44)38-17-26(40)39-24(19-46-27(39)18-38)31(43)37-13-10-22(16-33)11-14-37/h9,12,20-24,27-28H,3-8,10-11,13-19,33H2,1-2H3,(H,35,42)(H,36,41)/t20-,23-,24?,27?,28-/m0/s1. The van der Waals surface area contributed by atoms with Gasteiger partial charge in [-0.1, -0.05) is 57.5 Å². The summed E-state index contributed by atoms with van der Waals surface area (Å²) in [6.07, 6.45) is 9.49. The van der Waals surface area contributed by atoms with Gasteiger partial charge in [0.05, 0.1) is 24.7 Å². The smallest absolute Gasteiger partial charge is 0.290 e. The highest BCUT2D eigenvalue weighted by Gasteiger charge is 2.48. The second-order valence-electron chi connectivity index (χ2n) is 13.3. The molecule has 0 spiro atoms. The number of likely N-dealkylation sites (tertiary alicyclic amines) is 1. The summed E-state index contributed by atoms with van der Waals surface area (Å²) in [5, 5.41) is 9.05. The quantitative estimate of drug-likeness (QED) is 0.319. The van der Waals surface area contributed by atoms with E-state index in [2.05, 4.69) is 15.8 Å². The van der Waals surface area contributed by atoms with Crippen molar-refractivity contribution in [1.82, 2.24) is 30.5 Å². The molecule has 1 aromatic heterocycles. The van der Waals surface area contributed by atoms with E-state index in [0.717, 1.165) is 44.9 Å². The average molecular weight is 660 g/mol. The Labute approximate surface area is 275 Å². The first-order valence-corrected chi connectivity index (χ1v) is 18.0. The molecule has 4 aliphatic rings. The van der Waals surface area contributed by atoms with Crippen molar-refractivity contribution in [2.75, 3.05) is 38.5 Å². The number of piperazine rings is 1. The molecule has 5 atom stereocenters. The average Bonchev–Trinajstić information content (AvgIpc) is 3.78. The Morgan fingerprint density at radius 2 is 1.80 bits per heavy atom. The highest BCUT2D eigenvalue weighted by molar-refractivity contribution is 8.00. The molecule has 1 aromatic rings. The van der Waals surface area contributed by atoms with Gasteiger partial charge in [-0.25, -0.2) is 0 Å². The summed E-state index contributed by atoms with van der Waals surface area (Å²) in [7, 11) is 0. The molecule has 4 fully saturated rings. The molecule has 5 rings (SSSR count). The van der Waals surface area contributed by atoms with E-state index >= 15 is 0 Å². The van der Waals surface area contributed by atoms with Crippen LogP contribution in [0.5, 0.6) is 0 Å². The largest absolute Gasteiger partial charge is 0.351 e. The highest BCUT2D eigenvalue weighted by atomic mass is 32.2. The Hall–Kier alpha value is -3.13. The number of nitrogens with zero attached hydrogens (tertiary/aromatic N) is 4. The lowest BCUT2D eigenvalue weighted by Gasteiger charge is -2.41. The normalized spacial score (nSPS) is 24.7. The third kappa shape index (κ3) is 7.87. The fraction of sp³-hybridized carbons (Fsp3) is 0.750. The van der Waals surface area contributed by atoms with Gasteiger partial charge in [0, 0.05) is 24.9 Å². The minimum atomic E-state index is -0.874. The molecule has 4 heterocycles. The Morgan fingerprint density at radius 1 is 1.07 bits per heavy atom. The van der Waals surface area contributed by atoms with Gasteiger partial charge in [0.2, 0.25) is 29.4 Å². The number of thioether (sulfide) groups is 1. The number of nitrogens with one attached hydrogen (secondary N) is 2. The lowest BCUT2D eigenvalue weighted by Crippen LogP contribution is -2.63. The Morgan fingerprint density at radius 3 is 2.46 bits per heavy atom. The molecule has 1 aliphatic carbocycles. The fourth-order valence-electron chi connectivity index (χ4n) is 7.18. The molecule has 13 nitrogen and oxygen atoms in total. The lowest BCUT2D eigenvalue weighted by atomic mass is 9.84. The van der Waals surface area contributed by atoms with Crippen LogP contribution in [0.2, 0.25) is 0 Å². The summed E-state index contributed by atoms with van der Waals surface area (Å²) in [5.41, 5.74) is 5.82. The Bertz CT molecular complexity index is 1230. The summed E-state index contributed by atoms with van der Waals surface area (Å²) in [4.78, 5) is 72.8. The van der Waals surface area contributed by atoms with E-state index < -0.39 is 29.9 Å². The molecule has 5 amide bonds. The molecule has 46 heavy (non-hydrogen) atoms. The molecule has 3 saturated heterocycles. The Balaban J connectivity index is 1.25. The minimum absolute atomic E-state index is 0.0123. The first kappa shape index (κ1) is 34.2. The molecule has 2 unspecified atom stereocenters. The van der Waals surface area contributed by atoms with E-state index in [9.17, 15) is 24.0 Å². The van der Waals surface area contributed by atoms with Gasteiger partial charge in [-0.3, -0.25) is 24.0 Å². The number of piperidine rings is 1. The van der Waals surface area contributed by atoms with Crippen molar-refractivity contribution >= 4 is 41.3 Å². The molecule has 0 bridgehead atoms. The molecule has 1 saturated carbocycles. The molecule has 0 radical (unpaired) electrons. The van der Waals surface area contributed by atoms with Crippen LogP contribution in [0, 0.1) is 17.8 Å². The number of amides is 5. The van der Waals surface area contributed by atoms with Gasteiger partial charge < -0.3 is 35.6 Å². The van der Waals surface area contributed by atoms with Crippen LogP contribution in [0.1, 0.15) is 82.2 Å². The van der Waals surface area contributed by atoms with Gasteiger partial charge in [-0.15, -0.1) is 11.8 Å². The second-order valence-corrected chi connectivity index (χ2v) is 14.6. The van der Waals surface area contributed by atoms with Gasteiger partial charge in [-0.05, 0) is 43.6 Å². The summed E-state index contributed by atoms with van der Waals surface area (Å²) >= 11 is 1.52. The Kier molecular flexibility index (Phi) is 11.6. The first-order chi connectivity index (χ1) is 22.2. The van der Waals surface area contributed by atoms with Gasteiger partial charge in [0.15, 0.2) is 0 Å². The van der Waals surface area contributed by atoms with E-state index in [1.807, 2.05) is 18.7 Å². The van der Waals surface area contributed by atoms with E-state index in [-0.39, 0.29) is 53.8 Å². The van der Waals surface area contributed by atoms with Crippen LogP contribution in [0.3, 0.4) is 0 Å². The number of hydrogen-bond donors (Lipinski definition) is 3. The van der Waals surface area contributed by atoms with Crippen LogP contribution in [0.4, 0.5) is 0 Å². The summed E-state index contributed by atoms with van der Waals surface area (Å²) in [6, 6.07) is -0.825. The van der Waals surface area contributed by atoms with Crippen molar-refractivity contribution in [1.29, 1.82) is 0 Å². The molecular formula is C32H49N7O6S. The van der Waals surface area contributed by atoms with Gasteiger partial charge in [-0.2, -0.15) is 0 Å². The predicted octanol–water partition coefficient (Wildman–Crippen LogP) is 1.58. The van der Waals surface area contributed by atoms with Crippen molar-refractivity contribution in [2.24, 2.45) is 23.5 Å². The molecule has 4 N–H and O–H groups in total. The van der Waals surface area contributed by atoms with Gasteiger partial charge in [0.1, 0.15) is 18.1 Å². The van der Waals surface area contributed by atoms with Crippen LogP contribution < -0.4 is 16.4 Å². The van der Waals surface area contributed by atoms with Crippen LogP contribution in [-0.4, -0.2) is 111 Å². The first-order valence-electron chi connectivity index (χ1n) is 16.9. The highest BCUT2D eigenvalue weighted by Crippen LogP contribution is 2.35. The topological polar surface area (TPSA) is 171 Å². The zero-order chi connectivity index (χ0) is 32.8. The zero-order valence-corrected chi connectivity index (χ0v) is 27.8. The molecule has 254 valence electrons. The third-order valence-corrected chi connectivity index (χ3v) is 11.6. The van der Waals surface area contributed by atoms with Crippen LogP contribution in [0.25, 0.3) is 0 Å². The lowest BCUT2D eigenvalue weighted by molar-refractivity contribution is -0.154. The van der Waals surface area contributed by atoms with Crippen LogP contribution in [-0.2, 0) is 19.2 Å². The van der Waals surface area contributed by atoms with Gasteiger partial charge >= 0.3 is 0 Å². The number of hydrogen-bond acceptors (Lipinski definition) is 9. The van der Waals surface area contributed by atoms with Crippen molar-refractivity contribution in [3.8, 4) is 0 Å². The summed E-state index contributed by atoms with van der Waals surface area (Å²) < 4.78 is 5.01. The van der Waals surface area contributed by atoms with E-state index in [1.54, 1.807) is 4.90 Å². The van der Waals surface area contributed by atoms with E-state index in [4.69, 9.17) is 10.3 Å². The number of nitrogens with two attached hydrogens (primary N) is 1. The summed E-state index contributed by atoms with van der Waals surface area (Å²) in [6.45, 7) is 5.90. The molecule has 0 aromatic carbocycles. The van der Waals surface area contributed by atoms with Crippen molar-refractivity contribution in [2.45, 2.75) is 95.1 Å². The number of carbonyl (C=O) groups excluding carboxylic acids is 5. The van der Waals surface area contributed by atoms with Gasteiger partial charge in [0.25, 0.3) is 5.91 Å². The van der Waals surface area contributed by atoms with Crippen LogP contribution in [0.15, 0.2) is 16.8 Å². The number of carbonyl (C=O) groups is 5. The molecule has 3 aliphatic heterocycles. The summed E-state index contributed by atoms with van der Waals surface area (Å²) in [5.74, 6) is -0.574.